The predicted molar refractivity (Wildman–Crippen MR) is 96.7 cm³/mol. The number of amides is 2. The van der Waals surface area contributed by atoms with Gasteiger partial charge in [-0.1, -0.05) is 12.1 Å². The van der Waals surface area contributed by atoms with E-state index in [1.165, 1.54) is 0 Å². The van der Waals surface area contributed by atoms with Gasteiger partial charge in [-0.3, -0.25) is 19.3 Å². The Morgan fingerprint density at radius 1 is 1.25 bits per heavy atom. The molecule has 0 spiro atoms. The van der Waals surface area contributed by atoms with Crippen molar-refractivity contribution in [2.75, 3.05) is 12.8 Å². The molecule has 128 valence electrons. The lowest BCUT2D eigenvalue weighted by Crippen LogP contribution is -2.37. The fraction of sp³-hybridized carbons (Fsp3) is 0.353. The topological polar surface area (TPSA) is 63.7 Å². The van der Waals surface area contributed by atoms with Gasteiger partial charge >= 0.3 is 5.97 Å². The Kier molecular flexibility index (Phi) is 5.77. The molecular weight excluding hydrogens is 346 g/mol. The molecule has 5 nitrogen and oxygen atoms in total. The van der Waals surface area contributed by atoms with Gasteiger partial charge in [-0.15, -0.1) is 11.8 Å². The van der Waals surface area contributed by atoms with Gasteiger partial charge < -0.3 is 4.74 Å². The van der Waals surface area contributed by atoms with E-state index in [0.717, 1.165) is 27.1 Å². The quantitative estimate of drug-likeness (QED) is 0.460. The van der Waals surface area contributed by atoms with Gasteiger partial charge in [-0.25, -0.2) is 0 Å². The smallest absolute Gasteiger partial charge is 0.326 e. The lowest BCUT2D eigenvalue weighted by atomic mass is 10.2. The molecule has 0 atom stereocenters. The molecule has 0 saturated carbocycles. The Morgan fingerprint density at radius 2 is 1.88 bits per heavy atom. The van der Waals surface area contributed by atoms with E-state index in [0.29, 0.717) is 4.91 Å². The van der Waals surface area contributed by atoms with E-state index in [-0.39, 0.29) is 6.54 Å². The Morgan fingerprint density at radius 3 is 2.42 bits per heavy atom. The maximum Gasteiger partial charge on any atom is 0.326 e. The number of nitrogens with zero attached hydrogens (tertiary/aromatic N) is 1. The second-order valence-electron chi connectivity index (χ2n) is 6.13. The average molecular weight is 365 g/mol. The summed E-state index contributed by atoms with van der Waals surface area (Å²) in [4.78, 5) is 38.5. The van der Waals surface area contributed by atoms with Gasteiger partial charge in [0.25, 0.3) is 11.1 Å². The highest BCUT2D eigenvalue weighted by atomic mass is 32.2. The normalized spacial score (nSPS) is 16.8. The van der Waals surface area contributed by atoms with Crippen molar-refractivity contribution in [3.8, 4) is 0 Å². The standard InChI is InChI=1S/C17H19NO4S2/c1-17(2,3)22-14(19)10-18-15(20)13(24-16(18)21)9-11-5-7-12(23-4)8-6-11/h5-9H,10H2,1-4H3/b13-9+. The summed E-state index contributed by atoms with van der Waals surface area (Å²) >= 11 is 2.46. The summed E-state index contributed by atoms with van der Waals surface area (Å²) in [5.74, 6) is -1.07. The van der Waals surface area contributed by atoms with Gasteiger partial charge in [0.1, 0.15) is 12.1 Å². The molecule has 0 radical (unpaired) electrons. The highest BCUT2D eigenvalue weighted by Crippen LogP contribution is 2.32. The van der Waals surface area contributed by atoms with Crippen LogP contribution in [0.25, 0.3) is 6.08 Å². The maximum absolute atomic E-state index is 12.3. The van der Waals surface area contributed by atoms with Gasteiger partial charge in [0.2, 0.25) is 0 Å². The van der Waals surface area contributed by atoms with Crippen LogP contribution >= 0.6 is 23.5 Å². The molecule has 24 heavy (non-hydrogen) atoms. The molecule has 1 fully saturated rings. The zero-order valence-electron chi connectivity index (χ0n) is 14.0. The van der Waals surface area contributed by atoms with Crippen molar-refractivity contribution >= 4 is 46.7 Å². The molecular formula is C17H19NO4S2. The van der Waals surface area contributed by atoms with Gasteiger partial charge in [0.15, 0.2) is 0 Å². The molecule has 7 heteroatoms. The van der Waals surface area contributed by atoms with E-state index in [1.54, 1.807) is 38.6 Å². The second kappa shape index (κ2) is 7.44. The lowest BCUT2D eigenvalue weighted by Gasteiger charge is -2.21. The molecule has 1 aliphatic heterocycles. The molecule has 1 aromatic carbocycles. The van der Waals surface area contributed by atoms with Crippen LogP contribution < -0.4 is 0 Å². The average Bonchev–Trinajstić information content (AvgIpc) is 2.74. The molecule has 1 aliphatic rings. The molecule has 1 aromatic rings. The number of rotatable bonds is 4. The third kappa shape index (κ3) is 4.88. The van der Waals surface area contributed by atoms with Crippen LogP contribution in [0.15, 0.2) is 34.1 Å². The van der Waals surface area contributed by atoms with Crippen LogP contribution in [0.1, 0.15) is 26.3 Å². The Bertz CT molecular complexity index is 690. The monoisotopic (exact) mass is 365 g/mol. The van der Waals surface area contributed by atoms with E-state index in [9.17, 15) is 14.4 Å². The van der Waals surface area contributed by atoms with Crippen molar-refractivity contribution < 1.29 is 19.1 Å². The zero-order chi connectivity index (χ0) is 17.9. The first kappa shape index (κ1) is 18.6. The van der Waals surface area contributed by atoms with Gasteiger partial charge in [-0.2, -0.15) is 0 Å². The summed E-state index contributed by atoms with van der Waals surface area (Å²) < 4.78 is 5.16. The van der Waals surface area contributed by atoms with Crippen molar-refractivity contribution in [3.05, 3.63) is 34.7 Å². The first-order chi connectivity index (χ1) is 11.2. The Labute approximate surface area is 149 Å². The molecule has 2 amide bonds. The number of imide groups is 1. The fourth-order valence-corrected chi connectivity index (χ4v) is 3.24. The molecule has 0 N–H and O–H groups in total. The van der Waals surface area contributed by atoms with Crippen molar-refractivity contribution in [2.24, 2.45) is 0 Å². The summed E-state index contributed by atoms with van der Waals surface area (Å²) in [5.41, 5.74) is 0.170. The third-order valence-electron chi connectivity index (χ3n) is 2.99. The Hall–Kier alpha value is -1.73. The second-order valence-corrected chi connectivity index (χ2v) is 8.00. The van der Waals surface area contributed by atoms with Gasteiger partial charge in [0, 0.05) is 4.90 Å². The van der Waals surface area contributed by atoms with Crippen molar-refractivity contribution in [2.45, 2.75) is 31.3 Å². The van der Waals surface area contributed by atoms with Crippen molar-refractivity contribution in [1.29, 1.82) is 0 Å². The summed E-state index contributed by atoms with van der Waals surface area (Å²) in [6.45, 7) is 4.83. The lowest BCUT2D eigenvalue weighted by molar-refractivity contribution is -0.156. The number of hydrogen-bond donors (Lipinski definition) is 0. The highest BCUT2D eigenvalue weighted by molar-refractivity contribution is 8.18. The molecule has 2 rings (SSSR count). The predicted octanol–water partition coefficient (Wildman–Crippen LogP) is 3.79. The summed E-state index contributed by atoms with van der Waals surface area (Å²) in [7, 11) is 0. The van der Waals surface area contributed by atoms with Gasteiger partial charge in [-0.05, 0) is 62.6 Å². The largest absolute Gasteiger partial charge is 0.459 e. The molecule has 1 saturated heterocycles. The SMILES string of the molecule is CSc1ccc(/C=C2/SC(=O)N(CC(=O)OC(C)(C)C)C2=O)cc1. The van der Waals surface area contributed by atoms with E-state index in [1.807, 2.05) is 30.5 Å². The van der Waals surface area contributed by atoms with Crippen LogP contribution in [0.4, 0.5) is 4.79 Å². The van der Waals surface area contributed by atoms with Crippen LogP contribution in [0, 0.1) is 0 Å². The fourth-order valence-electron chi connectivity index (χ4n) is 1.99. The van der Waals surface area contributed by atoms with E-state index < -0.39 is 22.7 Å². The summed E-state index contributed by atoms with van der Waals surface area (Å²) in [6.07, 6.45) is 3.64. The van der Waals surface area contributed by atoms with E-state index >= 15 is 0 Å². The first-order valence-electron chi connectivity index (χ1n) is 7.31. The summed E-state index contributed by atoms with van der Waals surface area (Å²) in [5, 5.41) is -0.460. The maximum atomic E-state index is 12.3. The van der Waals surface area contributed by atoms with Crippen LogP contribution in [-0.2, 0) is 14.3 Å². The molecule has 0 unspecified atom stereocenters. The molecule has 0 aliphatic carbocycles. The number of esters is 1. The third-order valence-corrected chi connectivity index (χ3v) is 4.65. The number of thioether (sulfide) groups is 2. The number of hydrogen-bond acceptors (Lipinski definition) is 6. The minimum atomic E-state index is -0.659. The minimum Gasteiger partial charge on any atom is -0.459 e. The molecule has 0 bridgehead atoms. The van der Waals surface area contributed by atoms with Crippen LogP contribution in [0.3, 0.4) is 0 Å². The van der Waals surface area contributed by atoms with E-state index in [4.69, 9.17) is 4.74 Å². The van der Waals surface area contributed by atoms with Crippen LogP contribution in [0.2, 0.25) is 0 Å². The number of benzene rings is 1. The van der Waals surface area contributed by atoms with Crippen molar-refractivity contribution in [3.63, 3.8) is 0 Å². The summed E-state index contributed by atoms with van der Waals surface area (Å²) in [6, 6.07) is 7.66. The highest BCUT2D eigenvalue weighted by Gasteiger charge is 2.37. The van der Waals surface area contributed by atoms with Crippen LogP contribution in [-0.4, -0.2) is 40.4 Å². The Balaban J connectivity index is 2.10. The van der Waals surface area contributed by atoms with Gasteiger partial charge in [0.05, 0.1) is 4.91 Å². The molecule has 1 heterocycles. The van der Waals surface area contributed by atoms with E-state index in [2.05, 4.69) is 0 Å². The molecule has 0 aromatic heterocycles. The first-order valence-corrected chi connectivity index (χ1v) is 9.35. The van der Waals surface area contributed by atoms with Crippen LogP contribution in [0.5, 0.6) is 0 Å². The number of carbonyl (C=O) groups excluding carboxylic acids is 3. The van der Waals surface area contributed by atoms with Crippen molar-refractivity contribution in [1.82, 2.24) is 4.90 Å². The minimum absolute atomic E-state index is 0.306. The number of ether oxygens (including phenoxy) is 1. The number of carbonyl (C=O) groups is 3. The zero-order valence-corrected chi connectivity index (χ0v) is 15.6.